The molecule has 1 nitrogen and oxygen atoms in total. The van der Waals surface area contributed by atoms with Crippen LogP contribution in [0.25, 0.3) is 0 Å². The maximum absolute atomic E-state index is 10.5. The minimum Gasteiger partial charge on any atom is -0.393 e. The maximum atomic E-state index is 10.5. The van der Waals surface area contributed by atoms with Crippen molar-refractivity contribution in [2.75, 3.05) is 0 Å². The Hall–Kier alpha value is -0.560. The molecule has 170 valence electrons. The van der Waals surface area contributed by atoms with E-state index in [1.54, 1.807) is 0 Å². The van der Waals surface area contributed by atoms with E-state index in [0.717, 1.165) is 30.1 Å². The van der Waals surface area contributed by atoms with E-state index in [1.165, 1.54) is 56.9 Å². The van der Waals surface area contributed by atoms with E-state index in [9.17, 15) is 5.11 Å². The van der Waals surface area contributed by atoms with Crippen molar-refractivity contribution in [3.05, 3.63) is 23.8 Å². The summed E-state index contributed by atoms with van der Waals surface area (Å²) in [6.45, 7) is 19.0. The van der Waals surface area contributed by atoms with Crippen LogP contribution in [0.1, 0.15) is 99.3 Å². The lowest BCUT2D eigenvalue weighted by Gasteiger charge is -2.59. The standard InChI is InChI=1S/C29H48O/c1-18(2)19(3)8-9-20(4)23-12-13-25-22-10-11-24-21(5)27(30)15-17-29(24,7)26(22)14-16-28(23,25)6/h10,18,20-21,23-27,30H,3,8-9,11-17H2,1-2,4-7H3/t20-,21+,23-,24-,25+,26+,27+,28-,29+/m1/s1. The summed E-state index contributed by atoms with van der Waals surface area (Å²) >= 11 is 0. The highest BCUT2D eigenvalue weighted by Crippen LogP contribution is 2.67. The van der Waals surface area contributed by atoms with Crippen molar-refractivity contribution in [2.24, 2.45) is 52.3 Å². The van der Waals surface area contributed by atoms with E-state index >= 15 is 0 Å². The highest BCUT2D eigenvalue weighted by Gasteiger charge is 2.59. The highest BCUT2D eigenvalue weighted by molar-refractivity contribution is 5.28. The number of aliphatic hydroxyl groups is 1. The maximum Gasteiger partial charge on any atom is 0.0568 e. The van der Waals surface area contributed by atoms with Gasteiger partial charge in [0.15, 0.2) is 0 Å². The predicted molar refractivity (Wildman–Crippen MR) is 128 cm³/mol. The molecule has 4 rings (SSSR count). The van der Waals surface area contributed by atoms with Crippen molar-refractivity contribution in [3.8, 4) is 0 Å². The van der Waals surface area contributed by atoms with E-state index in [4.69, 9.17) is 0 Å². The van der Waals surface area contributed by atoms with Gasteiger partial charge in [-0.25, -0.2) is 0 Å². The zero-order chi connectivity index (χ0) is 21.8. The van der Waals surface area contributed by atoms with Gasteiger partial charge in [-0.05, 0) is 110 Å². The van der Waals surface area contributed by atoms with Crippen LogP contribution in [-0.2, 0) is 0 Å². The summed E-state index contributed by atoms with van der Waals surface area (Å²) in [4.78, 5) is 0. The van der Waals surface area contributed by atoms with Crippen LogP contribution in [0.3, 0.4) is 0 Å². The molecule has 0 saturated heterocycles. The van der Waals surface area contributed by atoms with Crippen LogP contribution in [-0.4, -0.2) is 11.2 Å². The number of hydrogen-bond donors (Lipinski definition) is 1. The van der Waals surface area contributed by atoms with E-state index in [0.29, 0.717) is 28.6 Å². The second kappa shape index (κ2) is 8.09. The third-order valence-corrected chi connectivity index (χ3v) is 11.1. The summed E-state index contributed by atoms with van der Waals surface area (Å²) in [6, 6.07) is 0. The molecule has 0 radical (unpaired) electrons. The minimum atomic E-state index is -0.0795. The topological polar surface area (TPSA) is 20.2 Å². The molecule has 0 unspecified atom stereocenters. The van der Waals surface area contributed by atoms with Crippen LogP contribution in [0, 0.1) is 52.3 Å². The van der Waals surface area contributed by atoms with Crippen molar-refractivity contribution >= 4 is 0 Å². The van der Waals surface area contributed by atoms with Crippen molar-refractivity contribution in [3.63, 3.8) is 0 Å². The van der Waals surface area contributed by atoms with Crippen molar-refractivity contribution < 1.29 is 5.11 Å². The van der Waals surface area contributed by atoms with E-state index in [-0.39, 0.29) is 6.10 Å². The summed E-state index contributed by atoms with van der Waals surface area (Å²) in [6.07, 6.45) is 14.2. The number of rotatable bonds is 5. The van der Waals surface area contributed by atoms with Crippen LogP contribution in [0.2, 0.25) is 0 Å². The van der Waals surface area contributed by atoms with Gasteiger partial charge in [-0.15, -0.1) is 0 Å². The lowest BCUT2D eigenvalue weighted by atomic mass is 9.46. The lowest BCUT2D eigenvalue weighted by Crippen LogP contribution is -2.52. The minimum absolute atomic E-state index is 0.0795. The largest absolute Gasteiger partial charge is 0.393 e. The first-order valence-electron chi connectivity index (χ1n) is 13.1. The van der Waals surface area contributed by atoms with Crippen molar-refractivity contribution in [1.29, 1.82) is 0 Å². The van der Waals surface area contributed by atoms with Gasteiger partial charge in [0.2, 0.25) is 0 Å². The fourth-order valence-corrected chi connectivity index (χ4v) is 8.82. The van der Waals surface area contributed by atoms with Crippen LogP contribution >= 0.6 is 0 Å². The van der Waals surface area contributed by atoms with Gasteiger partial charge in [-0.1, -0.05) is 65.3 Å². The van der Waals surface area contributed by atoms with E-state index < -0.39 is 0 Å². The molecule has 0 aromatic heterocycles. The molecule has 1 N–H and O–H groups in total. The third kappa shape index (κ3) is 3.46. The molecule has 4 aliphatic rings. The number of allylic oxidation sites excluding steroid dienone is 3. The Balaban J connectivity index is 1.52. The summed E-state index contributed by atoms with van der Waals surface area (Å²) in [5.74, 6) is 5.04. The second-order valence-electron chi connectivity index (χ2n) is 12.7. The fourth-order valence-electron chi connectivity index (χ4n) is 8.82. The predicted octanol–water partition coefficient (Wildman–Crippen LogP) is 7.80. The molecule has 0 aromatic rings. The number of fused-ring (bicyclic) bond motifs is 5. The highest BCUT2D eigenvalue weighted by atomic mass is 16.3. The fraction of sp³-hybridized carbons (Fsp3) is 0.862. The molecule has 3 saturated carbocycles. The average molecular weight is 413 g/mol. The third-order valence-electron chi connectivity index (χ3n) is 11.1. The molecule has 0 spiro atoms. The zero-order valence-corrected chi connectivity index (χ0v) is 20.7. The quantitative estimate of drug-likeness (QED) is 0.457. The smallest absolute Gasteiger partial charge is 0.0568 e. The summed E-state index contributed by atoms with van der Waals surface area (Å²) in [5, 5.41) is 10.5. The Bertz CT molecular complexity index is 688. The van der Waals surface area contributed by atoms with Gasteiger partial charge >= 0.3 is 0 Å². The van der Waals surface area contributed by atoms with Gasteiger partial charge in [-0.2, -0.15) is 0 Å². The normalized spacial score (nSPS) is 46.6. The molecule has 3 fully saturated rings. The Morgan fingerprint density at radius 2 is 1.73 bits per heavy atom. The van der Waals surface area contributed by atoms with Crippen molar-refractivity contribution in [2.45, 2.75) is 105 Å². The summed E-state index contributed by atoms with van der Waals surface area (Å²) in [5.41, 5.74) is 4.22. The Kier molecular flexibility index (Phi) is 6.10. The van der Waals surface area contributed by atoms with Gasteiger partial charge in [0.1, 0.15) is 0 Å². The molecular weight excluding hydrogens is 364 g/mol. The molecule has 0 aliphatic heterocycles. The van der Waals surface area contributed by atoms with Gasteiger partial charge in [0, 0.05) is 0 Å². The monoisotopic (exact) mass is 412 g/mol. The summed E-state index contributed by atoms with van der Waals surface area (Å²) in [7, 11) is 0. The molecule has 0 heterocycles. The molecule has 30 heavy (non-hydrogen) atoms. The van der Waals surface area contributed by atoms with Crippen LogP contribution in [0.5, 0.6) is 0 Å². The zero-order valence-electron chi connectivity index (χ0n) is 20.7. The van der Waals surface area contributed by atoms with E-state index in [2.05, 4.69) is 54.2 Å². The van der Waals surface area contributed by atoms with Crippen molar-refractivity contribution in [1.82, 2.24) is 0 Å². The van der Waals surface area contributed by atoms with Gasteiger partial charge in [0.25, 0.3) is 0 Å². The first-order chi connectivity index (χ1) is 14.1. The Labute approximate surface area is 186 Å². The molecule has 0 bridgehead atoms. The first kappa shape index (κ1) is 22.6. The van der Waals surface area contributed by atoms with Crippen LogP contribution in [0.4, 0.5) is 0 Å². The Morgan fingerprint density at radius 3 is 2.43 bits per heavy atom. The lowest BCUT2D eigenvalue weighted by molar-refractivity contribution is -0.0773. The van der Waals surface area contributed by atoms with Crippen LogP contribution in [0.15, 0.2) is 23.8 Å². The van der Waals surface area contributed by atoms with Gasteiger partial charge in [0.05, 0.1) is 6.10 Å². The molecule has 0 amide bonds. The molecule has 1 heteroatoms. The van der Waals surface area contributed by atoms with E-state index in [1.807, 2.05) is 5.57 Å². The number of aliphatic hydroxyl groups excluding tert-OH is 1. The summed E-state index contributed by atoms with van der Waals surface area (Å²) < 4.78 is 0. The molecule has 4 aliphatic carbocycles. The molecule has 0 aromatic carbocycles. The first-order valence-corrected chi connectivity index (χ1v) is 13.1. The Morgan fingerprint density at radius 1 is 1.07 bits per heavy atom. The number of hydrogen-bond acceptors (Lipinski definition) is 1. The molecule has 9 atom stereocenters. The SMILES string of the molecule is C=C(CC[C@@H](C)[C@H]1CC[C@H]2C3=CC[C@@H]4[C@H](C)[C@@H](O)CC[C@]4(C)[C@H]3CC[C@]12C)C(C)C. The van der Waals surface area contributed by atoms with Gasteiger partial charge in [-0.3, -0.25) is 0 Å². The second-order valence-corrected chi connectivity index (χ2v) is 12.7. The average Bonchev–Trinajstić information content (AvgIpc) is 3.06. The molecular formula is C29H48O. The van der Waals surface area contributed by atoms with Crippen LogP contribution < -0.4 is 0 Å². The van der Waals surface area contributed by atoms with Gasteiger partial charge < -0.3 is 5.11 Å².